The van der Waals surface area contributed by atoms with Crippen molar-refractivity contribution in [3.05, 3.63) is 42.0 Å². The molecule has 0 unspecified atom stereocenters. The molecule has 0 radical (unpaired) electrons. The first-order valence-corrected chi connectivity index (χ1v) is 6.52. The minimum absolute atomic E-state index is 0.384. The summed E-state index contributed by atoms with van der Waals surface area (Å²) in [4.78, 5) is 0. The molecule has 0 heterocycles. The summed E-state index contributed by atoms with van der Waals surface area (Å²) in [6, 6.07) is 11.5. The van der Waals surface area contributed by atoms with E-state index in [2.05, 4.69) is 13.8 Å². The Balaban J connectivity index is 2.56. The van der Waals surface area contributed by atoms with Crippen LogP contribution in [0.5, 0.6) is 5.75 Å². The van der Waals surface area contributed by atoms with Crippen molar-refractivity contribution in [3.63, 3.8) is 0 Å². The Kier molecular flexibility index (Phi) is 3.33. The lowest BCUT2D eigenvalue weighted by molar-refractivity contribution is 0.512. The van der Waals surface area contributed by atoms with Crippen LogP contribution < -0.4 is 4.18 Å². The van der Waals surface area contributed by atoms with Crippen LogP contribution in [-0.4, -0.2) is 8.42 Å². The van der Waals surface area contributed by atoms with E-state index in [1.807, 2.05) is 30.3 Å². The Labute approximate surface area is 103 Å². The van der Waals surface area contributed by atoms with Crippen LogP contribution in [0.4, 0.5) is 0 Å². The molecule has 4 heteroatoms. The smallest absolute Gasteiger partial charge is 0.299 e. The largest absolute Gasteiger partial charge is 0.384 e. The van der Waals surface area contributed by atoms with Gasteiger partial charge < -0.3 is 4.18 Å². The van der Waals surface area contributed by atoms with Crippen molar-refractivity contribution in [2.45, 2.75) is 19.8 Å². The summed E-state index contributed by atoms with van der Waals surface area (Å²) in [5.74, 6) is 0.781. The molecule has 0 aromatic rings. The fraction of sp³-hybridized carbons (Fsp3) is 0.231. The lowest BCUT2D eigenvalue weighted by atomic mass is 10.0. The first kappa shape index (κ1) is 11.9. The zero-order valence-electron chi connectivity index (χ0n) is 9.71. The molecule has 90 valence electrons. The summed E-state index contributed by atoms with van der Waals surface area (Å²) in [7, 11) is -2.87. The zero-order valence-corrected chi connectivity index (χ0v) is 10.6. The highest BCUT2D eigenvalue weighted by Gasteiger charge is 2.11. The van der Waals surface area contributed by atoms with Gasteiger partial charge in [0.1, 0.15) is 5.75 Å². The standard InChI is InChI=1S/C13H14O3S/c1-9(2)11-5-3-4-10-6-7-13(12(10)8-11)16-17(14)15/h3-9,17H,1-2H3. The summed E-state index contributed by atoms with van der Waals surface area (Å²) >= 11 is 0. The second kappa shape index (κ2) is 4.75. The summed E-state index contributed by atoms with van der Waals surface area (Å²) in [6.07, 6.45) is 0. The van der Waals surface area contributed by atoms with Crippen LogP contribution in [-0.2, 0) is 11.0 Å². The molecule has 0 saturated heterocycles. The molecule has 2 aliphatic rings. The Morgan fingerprint density at radius 1 is 1.12 bits per heavy atom. The summed E-state index contributed by atoms with van der Waals surface area (Å²) in [5.41, 5.74) is 2.96. The van der Waals surface area contributed by atoms with Crippen molar-refractivity contribution in [3.8, 4) is 16.9 Å². The number of hydrogen-bond donors (Lipinski definition) is 1. The van der Waals surface area contributed by atoms with Crippen molar-refractivity contribution in [2.75, 3.05) is 0 Å². The normalized spacial score (nSPS) is 11.3. The van der Waals surface area contributed by atoms with Crippen molar-refractivity contribution in [1.82, 2.24) is 0 Å². The van der Waals surface area contributed by atoms with Gasteiger partial charge in [-0.2, -0.15) is 8.42 Å². The highest BCUT2D eigenvalue weighted by atomic mass is 32.2. The summed E-state index contributed by atoms with van der Waals surface area (Å²) < 4.78 is 26.0. The molecule has 0 spiro atoms. The van der Waals surface area contributed by atoms with E-state index in [0.717, 1.165) is 16.7 Å². The maximum Gasteiger partial charge on any atom is 0.299 e. The van der Waals surface area contributed by atoms with Crippen LogP contribution in [0.3, 0.4) is 0 Å². The molecule has 3 nitrogen and oxygen atoms in total. The Morgan fingerprint density at radius 2 is 1.88 bits per heavy atom. The molecule has 2 aliphatic carbocycles. The first-order valence-electron chi connectivity index (χ1n) is 5.43. The highest BCUT2D eigenvalue weighted by molar-refractivity contribution is 7.67. The Hall–Kier alpha value is -1.55. The van der Waals surface area contributed by atoms with Crippen molar-refractivity contribution < 1.29 is 12.6 Å². The van der Waals surface area contributed by atoms with Crippen LogP contribution in [0.25, 0.3) is 11.1 Å². The van der Waals surface area contributed by atoms with Crippen molar-refractivity contribution >= 4 is 11.0 Å². The predicted octanol–water partition coefficient (Wildman–Crippen LogP) is 2.82. The van der Waals surface area contributed by atoms with E-state index < -0.39 is 11.0 Å². The van der Waals surface area contributed by atoms with Crippen LogP contribution >= 0.6 is 0 Å². The summed E-state index contributed by atoms with van der Waals surface area (Å²) in [5, 5.41) is 0. The van der Waals surface area contributed by atoms with Crippen LogP contribution in [0.1, 0.15) is 25.3 Å². The van der Waals surface area contributed by atoms with E-state index in [0.29, 0.717) is 11.7 Å². The van der Waals surface area contributed by atoms with Gasteiger partial charge in [0.15, 0.2) is 0 Å². The monoisotopic (exact) mass is 250 g/mol. The second-order valence-corrected chi connectivity index (χ2v) is 4.84. The van der Waals surface area contributed by atoms with E-state index in [4.69, 9.17) is 4.18 Å². The number of hydrogen-bond acceptors (Lipinski definition) is 3. The number of thiol groups is 1. The molecule has 0 bridgehead atoms. The third-order valence-electron chi connectivity index (χ3n) is 2.71. The fourth-order valence-electron chi connectivity index (χ4n) is 1.78. The molecule has 0 aromatic heterocycles. The molecular formula is C13H14O3S. The molecule has 0 fully saturated rings. The van der Waals surface area contributed by atoms with Gasteiger partial charge in [0.05, 0.1) is 0 Å². The van der Waals surface area contributed by atoms with Gasteiger partial charge in [0.2, 0.25) is 0 Å². The zero-order chi connectivity index (χ0) is 12.4. The lowest BCUT2D eigenvalue weighted by Gasteiger charge is -2.03. The highest BCUT2D eigenvalue weighted by Crippen LogP contribution is 2.35. The van der Waals surface area contributed by atoms with E-state index >= 15 is 0 Å². The quantitative estimate of drug-likeness (QED) is 0.852. The van der Waals surface area contributed by atoms with Gasteiger partial charge in [-0.15, -0.1) is 0 Å². The van der Waals surface area contributed by atoms with E-state index in [-0.39, 0.29) is 0 Å². The van der Waals surface area contributed by atoms with Crippen molar-refractivity contribution in [1.29, 1.82) is 0 Å². The molecule has 17 heavy (non-hydrogen) atoms. The molecule has 0 atom stereocenters. The maximum absolute atomic E-state index is 10.6. The van der Waals surface area contributed by atoms with Crippen LogP contribution in [0, 0.1) is 0 Å². The van der Waals surface area contributed by atoms with Gasteiger partial charge >= 0.3 is 0 Å². The molecule has 2 rings (SSSR count). The third-order valence-corrected chi connectivity index (χ3v) is 3.05. The Bertz CT molecular complexity index is 565. The van der Waals surface area contributed by atoms with E-state index in [9.17, 15) is 8.42 Å². The predicted molar refractivity (Wildman–Crippen MR) is 68.1 cm³/mol. The first-order chi connectivity index (χ1) is 8.08. The second-order valence-electron chi connectivity index (χ2n) is 4.21. The van der Waals surface area contributed by atoms with Crippen molar-refractivity contribution in [2.24, 2.45) is 0 Å². The van der Waals surface area contributed by atoms with Crippen LogP contribution in [0.2, 0.25) is 0 Å². The lowest BCUT2D eigenvalue weighted by Crippen LogP contribution is -1.89. The molecule has 0 saturated carbocycles. The molecule has 0 aliphatic heterocycles. The van der Waals surface area contributed by atoms with Gasteiger partial charge in [0, 0.05) is 5.56 Å². The molecule has 0 aromatic carbocycles. The molecule has 0 N–H and O–H groups in total. The summed E-state index contributed by atoms with van der Waals surface area (Å²) in [6.45, 7) is 4.19. The van der Waals surface area contributed by atoms with Gasteiger partial charge in [-0.3, -0.25) is 0 Å². The topological polar surface area (TPSA) is 43.4 Å². The molecule has 0 amide bonds. The maximum atomic E-state index is 10.6. The minimum atomic E-state index is -2.87. The van der Waals surface area contributed by atoms with Gasteiger partial charge in [0.25, 0.3) is 11.0 Å². The Morgan fingerprint density at radius 3 is 2.53 bits per heavy atom. The van der Waals surface area contributed by atoms with Gasteiger partial charge in [-0.1, -0.05) is 38.1 Å². The van der Waals surface area contributed by atoms with E-state index in [1.165, 1.54) is 0 Å². The minimum Gasteiger partial charge on any atom is -0.384 e. The SMILES string of the molecule is CC(C)c1cccc2ccc(O[SH](=O)=O)c-2c1. The number of fused-ring (bicyclic) bond motifs is 1. The average Bonchev–Trinajstić information content (AvgIpc) is 2.50. The average molecular weight is 250 g/mol. The molecular weight excluding hydrogens is 236 g/mol. The van der Waals surface area contributed by atoms with E-state index in [1.54, 1.807) is 6.07 Å². The van der Waals surface area contributed by atoms with Gasteiger partial charge in [-0.05, 0) is 29.2 Å². The van der Waals surface area contributed by atoms with Gasteiger partial charge in [-0.25, -0.2) is 0 Å². The number of rotatable bonds is 3. The van der Waals surface area contributed by atoms with Crippen LogP contribution in [0.15, 0.2) is 36.4 Å². The third kappa shape index (κ3) is 2.58. The fourth-order valence-corrected chi connectivity index (χ4v) is 2.10.